The van der Waals surface area contributed by atoms with E-state index in [-0.39, 0.29) is 5.75 Å². The van der Waals surface area contributed by atoms with E-state index in [2.05, 4.69) is 4.90 Å². The Morgan fingerprint density at radius 2 is 1.94 bits per heavy atom. The van der Waals surface area contributed by atoms with Crippen LogP contribution in [0.3, 0.4) is 0 Å². The molecule has 0 aromatic carbocycles. The molecule has 1 aliphatic rings. The van der Waals surface area contributed by atoms with Crippen molar-refractivity contribution in [2.24, 2.45) is 11.7 Å². The predicted octanol–water partition coefficient (Wildman–Crippen LogP) is 0.480. The molecule has 16 heavy (non-hydrogen) atoms. The summed E-state index contributed by atoms with van der Waals surface area (Å²) in [5.74, 6) is 1.28. The highest BCUT2D eigenvalue weighted by Gasteiger charge is 2.26. The van der Waals surface area contributed by atoms with Crippen molar-refractivity contribution in [3.8, 4) is 0 Å². The molecule has 0 unspecified atom stereocenters. The van der Waals surface area contributed by atoms with Gasteiger partial charge in [-0.15, -0.1) is 0 Å². The van der Waals surface area contributed by atoms with Crippen LogP contribution in [-0.4, -0.2) is 51.0 Å². The minimum absolute atomic E-state index is 0.288. The van der Waals surface area contributed by atoms with E-state index in [1.54, 1.807) is 0 Å². The van der Waals surface area contributed by atoms with Crippen molar-refractivity contribution in [2.75, 3.05) is 31.6 Å². The summed E-state index contributed by atoms with van der Waals surface area (Å²) in [5.41, 5.74) is 5.71. The molecule has 0 aromatic heterocycles. The van der Waals surface area contributed by atoms with Crippen LogP contribution in [-0.2, 0) is 9.84 Å². The molecule has 2 N–H and O–H groups in total. The monoisotopic (exact) mass is 248 g/mol. The molecule has 0 aliphatic heterocycles. The van der Waals surface area contributed by atoms with Gasteiger partial charge >= 0.3 is 0 Å². The SMILES string of the molecule is CCCS(=O)(=O)CCN(C)CC1CC(N)C1. The lowest BCUT2D eigenvalue weighted by atomic mass is 9.81. The summed E-state index contributed by atoms with van der Waals surface area (Å²) in [6.07, 6.45) is 2.89. The highest BCUT2D eigenvalue weighted by Crippen LogP contribution is 2.25. The minimum Gasteiger partial charge on any atom is -0.328 e. The fourth-order valence-electron chi connectivity index (χ4n) is 2.18. The third-order valence-electron chi connectivity index (χ3n) is 3.14. The first-order valence-corrected chi connectivity index (χ1v) is 7.89. The normalized spacial score (nSPS) is 25.8. The zero-order valence-electron chi connectivity index (χ0n) is 10.4. The molecule has 4 nitrogen and oxygen atoms in total. The topological polar surface area (TPSA) is 63.4 Å². The standard InChI is InChI=1S/C11H24N2O2S/c1-3-5-16(14,15)6-4-13(2)9-10-7-11(12)8-10/h10-11H,3-9,12H2,1-2H3. The molecule has 0 atom stereocenters. The molecular formula is C11H24N2O2S. The first kappa shape index (κ1) is 13.9. The Kier molecular flexibility index (Phi) is 5.21. The molecule has 1 saturated carbocycles. The van der Waals surface area contributed by atoms with Gasteiger partial charge in [-0.25, -0.2) is 8.42 Å². The summed E-state index contributed by atoms with van der Waals surface area (Å²) in [6, 6.07) is 0.377. The Morgan fingerprint density at radius 1 is 1.31 bits per heavy atom. The van der Waals surface area contributed by atoms with E-state index in [9.17, 15) is 8.42 Å². The summed E-state index contributed by atoms with van der Waals surface area (Å²) >= 11 is 0. The van der Waals surface area contributed by atoms with Crippen LogP contribution < -0.4 is 5.73 Å². The molecule has 0 bridgehead atoms. The second-order valence-corrected chi connectivity index (χ2v) is 7.32. The van der Waals surface area contributed by atoms with Gasteiger partial charge in [0.1, 0.15) is 0 Å². The summed E-state index contributed by atoms with van der Waals surface area (Å²) in [7, 11) is -0.837. The van der Waals surface area contributed by atoms with Crippen LogP contribution in [0.15, 0.2) is 0 Å². The number of hydrogen-bond donors (Lipinski definition) is 1. The van der Waals surface area contributed by atoms with Crippen molar-refractivity contribution < 1.29 is 8.42 Å². The van der Waals surface area contributed by atoms with Crippen LogP contribution in [0.5, 0.6) is 0 Å². The van der Waals surface area contributed by atoms with Gasteiger partial charge in [-0.05, 0) is 32.2 Å². The maximum atomic E-state index is 11.5. The molecule has 0 radical (unpaired) electrons. The van der Waals surface area contributed by atoms with Gasteiger partial charge in [0.2, 0.25) is 0 Å². The maximum Gasteiger partial charge on any atom is 0.151 e. The predicted molar refractivity (Wildman–Crippen MR) is 67.1 cm³/mol. The average molecular weight is 248 g/mol. The van der Waals surface area contributed by atoms with Crippen LogP contribution in [0.25, 0.3) is 0 Å². The minimum atomic E-state index is -2.83. The van der Waals surface area contributed by atoms with Crippen molar-refractivity contribution in [3.63, 3.8) is 0 Å². The molecule has 0 spiro atoms. The van der Waals surface area contributed by atoms with Crippen molar-refractivity contribution >= 4 is 9.84 Å². The molecule has 0 heterocycles. The fourth-order valence-corrected chi connectivity index (χ4v) is 3.59. The van der Waals surface area contributed by atoms with E-state index in [0.29, 0.717) is 30.7 Å². The van der Waals surface area contributed by atoms with Crippen LogP contribution in [0.1, 0.15) is 26.2 Å². The fraction of sp³-hybridized carbons (Fsp3) is 1.00. The molecule has 5 heteroatoms. The number of sulfone groups is 1. The van der Waals surface area contributed by atoms with Crippen molar-refractivity contribution in [1.29, 1.82) is 0 Å². The van der Waals surface area contributed by atoms with Crippen LogP contribution >= 0.6 is 0 Å². The second-order valence-electron chi connectivity index (χ2n) is 5.01. The molecule has 0 aromatic rings. The Labute approximate surface area is 99.1 Å². The zero-order chi connectivity index (χ0) is 12.2. The highest BCUT2D eigenvalue weighted by molar-refractivity contribution is 7.91. The lowest BCUT2D eigenvalue weighted by Crippen LogP contribution is -2.42. The molecule has 96 valence electrons. The van der Waals surface area contributed by atoms with Gasteiger partial charge in [0, 0.05) is 24.9 Å². The first-order chi connectivity index (χ1) is 7.43. The Bertz CT molecular complexity index is 297. The second kappa shape index (κ2) is 5.98. The number of nitrogens with two attached hydrogens (primary N) is 1. The van der Waals surface area contributed by atoms with Gasteiger partial charge in [0.15, 0.2) is 9.84 Å². The van der Waals surface area contributed by atoms with Gasteiger partial charge in [-0.3, -0.25) is 0 Å². The van der Waals surface area contributed by atoms with Crippen molar-refractivity contribution in [1.82, 2.24) is 4.90 Å². The van der Waals surface area contributed by atoms with Gasteiger partial charge in [-0.1, -0.05) is 6.92 Å². The van der Waals surface area contributed by atoms with E-state index in [1.165, 1.54) is 0 Å². The Balaban J connectivity index is 2.17. The van der Waals surface area contributed by atoms with Gasteiger partial charge in [0.05, 0.1) is 5.75 Å². The lowest BCUT2D eigenvalue weighted by molar-refractivity contribution is 0.188. The zero-order valence-corrected chi connectivity index (χ0v) is 11.2. The molecular weight excluding hydrogens is 224 g/mol. The molecule has 1 rings (SSSR count). The average Bonchev–Trinajstić information content (AvgIpc) is 2.12. The van der Waals surface area contributed by atoms with E-state index >= 15 is 0 Å². The van der Waals surface area contributed by atoms with E-state index < -0.39 is 9.84 Å². The molecule has 1 fully saturated rings. The van der Waals surface area contributed by atoms with Gasteiger partial charge in [0.25, 0.3) is 0 Å². The third-order valence-corrected chi connectivity index (χ3v) is 4.98. The molecule has 1 aliphatic carbocycles. The molecule has 0 amide bonds. The highest BCUT2D eigenvalue weighted by atomic mass is 32.2. The summed E-state index contributed by atoms with van der Waals surface area (Å²) < 4.78 is 23.0. The van der Waals surface area contributed by atoms with Crippen LogP contribution in [0.4, 0.5) is 0 Å². The Hall–Kier alpha value is -0.130. The lowest BCUT2D eigenvalue weighted by Gasteiger charge is -2.35. The number of hydrogen-bond acceptors (Lipinski definition) is 4. The summed E-state index contributed by atoms with van der Waals surface area (Å²) in [6.45, 7) is 3.53. The number of rotatable bonds is 7. The van der Waals surface area contributed by atoms with E-state index in [1.807, 2.05) is 14.0 Å². The summed E-state index contributed by atoms with van der Waals surface area (Å²) in [5, 5.41) is 0. The largest absolute Gasteiger partial charge is 0.328 e. The maximum absolute atomic E-state index is 11.5. The van der Waals surface area contributed by atoms with Crippen molar-refractivity contribution in [3.05, 3.63) is 0 Å². The smallest absolute Gasteiger partial charge is 0.151 e. The molecule has 0 saturated heterocycles. The van der Waals surface area contributed by atoms with Gasteiger partial charge < -0.3 is 10.6 Å². The third kappa shape index (κ3) is 4.80. The van der Waals surface area contributed by atoms with Crippen LogP contribution in [0, 0.1) is 5.92 Å². The van der Waals surface area contributed by atoms with Crippen LogP contribution in [0.2, 0.25) is 0 Å². The van der Waals surface area contributed by atoms with E-state index in [4.69, 9.17) is 5.73 Å². The Morgan fingerprint density at radius 3 is 2.44 bits per heavy atom. The quantitative estimate of drug-likeness (QED) is 0.712. The number of nitrogens with zero attached hydrogens (tertiary/aromatic N) is 1. The van der Waals surface area contributed by atoms with Crippen molar-refractivity contribution in [2.45, 2.75) is 32.2 Å². The summed E-state index contributed by atoms with van der Waals surface area (Å²) in [4.78, 5) is 2.11. The van der Waals surface area contributed by atoms with E-state index in [0.717, 1.165) is 19.4 Å². The first-order valence-electron chi connectivity index (χ1n) is 6.07. The van der Waals surface area contributed by atoms with Gasteiger partial charge in [-0.2, -0.15) is 0 Å².